The summed E-state index contributed by atoms with van der Waals surface area (Å²) >= 11 is 0. The predicted molar refractivity (Wildman–Crippen MR) is 62.7 cm³/mol. The minimum absolute atomic E-state index is 0.177. The molecule has 0 aromatic rings. The Morgan fingerprint density at radius 1 is 1.06 bits per heavy atom. The molecule has 16 heavy (non-hydrogen) atoms. The van der Waals surface area contributed by atoms with Crippen molar-refractivity contribution in [1.82, 2.24) is 5.32 Å². The van der Waals surface area contributed by atoms with Gasteiger partial charge in [0.15, 0.2) is 0 Å². The van der Waals surface area contributed by atoms with Crippen LogP contribution in [0.1, 0.15) is 13.3 Å². The Morgan fingerprint density at radius 3 is 2.25 bits per heavy atom. The second-order valence-corrected chi connectivity index (χ2v) is 3.46. The largest absolute Gasteiger partial charge is 0.395 e. The third kappa shape index (κ3) is 10.3. The standard InChI is InChI=1S/C11H25NO4/c1-3-11(10-13)12-4-5-15-8-9-16-7-6-14-2/h11-13H,3-10H2,1-2H3. The summed E-state index contributed by atoms with van der Waals surface area (Å²) in [5.41, 5.74) is 0. The fraction of sp³-hybridized carbons (Fsp3) is 1.00. The molecule has 5 heteroatoms. The predicted octanol–water partition coefficient (Wildman–Crippen LogP) is 0.0265. The highest BCUT2D eigenvalue weighted by molar-refractivity contribution is 4.61. The van der Waals surface area contributed by atoms with Gasteiger partial charge in [0.05, 0.1) is 39.6 Å². The molecule has 5 nitrogen and oxygen atoms in total. The molecule has 1 unspecified atom stereocenters. The average molecular weight is 235 g/mol. The van der Waals surface area contributed by atoms with Gasteiger partial charge in [-0.2, -0.15) is 0 Å². The van der Waals surface area contributed by atoms with Gasteiger partial charge in [0.1, 0.15) is 0 Å². The fourth-order valence-electron chi connectivity index (χ4n) is 1.14. The lowest BCUT2D eigenvalue weighted by molar-refractivity contribution is 0.0249. The molecule has 2 N–H and O–H groups in total. The Bertz CT molecular complexity index is 131. The van der Waals surface area contributed by atoms with Crippen LogP contribution in [0.4, 0.5) is 0 Å². The van der Waals surface area contributed by atoms with Crippen molar-refractivity contribution in [3.8, 4) is 0 Å². The molecule has 1 atom stereocenters. The van der Waals surface area contributed by atoms with Crippen LogP contribution in [0.15, 0.2) is 0 Å². The highest BCUT2D eigenvalue weighted by Crippen LogP contribution is 1.87. The van der Waals surface area contributed by atoms with Crippen LogP contribution >= 0.6 is 0 Å². The molecular weight excluding hydrogens is 210 g/mol. The van der Waals surface area contributed by atoms with Crippen LogP contribution in [0.3, 0.4) is 0 Å². The molecule has 0 aromatic carbocycles. The minimum atomic E-state index is 0.177. The third-order valence-electron chi connectivity index (χ3n) is 2.20. The van der Waals surface area contributed by atoms with Gasteiger partial charge in [-0.25, -0.2) is 0 Å². The van der Waals surface area contributed by atoms with E-state index in [-0.39, 0.29) is 12.6 Å². The molecule has 0 heterocycles. The van der Waals surface area contributed by atoms with Gasteiger partial charge in [0.2, 0.25) is 0 Å². The van der Waals surface area contributed by atoms with E-state index in [1.807, 2.05) is 6.92 Å². The number of hydrogen-bond donors (Lipinski definition) is 2. The third-order valence-corrected chi connectivity index (χ3v) is 2.20. The number of ether oxygens (including phenoxy) is 3. The van der Waals surface area contributed by atoms with Crippen LogP contribution in [0.5, 0.6) is 0 Å². The minimum Gasteiger partial charge on any atom is -0.395 e. The van der Waals surface area contributed by atoms with E-state index in [9.17, 15) is 0 Å². The van der Waals surface area contributed by atoms with E-state index in [1.54, 1.807) is 7.11 Å². The zero-order valence-electron chi connectivity index (χ0n) is 10.4. The SMILES string of the molecule is CCC(CO)NCCOCCOCCOC. The summed E-state index contributed by atoms with van der Waals surface area (Å²) in [5, 5.41) is 12.1. The molecule has 0 rings (SSSR count). The summed E-state index contributed by atoms with van der Waals surface area (Å²) in [5.74, 6) is 0. The Labute approximate surface area is 98.1 Å². The summed E-state index contributed by atoms with van der Waals surface area (Å²) in [6, 6.07) is 0.182. The number of aliphatic hydroxyl groups is 1. The summed E-state index contributed by atoms with van der Waals surface area (Å²) in [7, 11) is 1.65. The molecule has 0 aliphatic heterocycles. The topological polar surface area (TPSA) is 60.0 Å². The monoisotopic (exact) mass is 235 g/mol. The molecule has 0 aromatic heterocycles. The number of rotatable bonds is 12. The average Bonchev–Trinajstić information content (AvgIpc) is 2.32. The zero-order chi connectivity index (χ0) is 12.1. The summed E-state index contributed by atoms with van der Waals surface area (Å²) < 4.78 is 15.4. The first-order valence-corrected chi connectivity index (χ1v) is 5.83. The molecule has 0 radical (unpaired) electrons. The van der Waals surface area contributed by atoms with E-state index in [4.69, 9.17) is 19.3 Å². The van der Waals surface area contributed by atoms with Crippen molar-refractivity contribution in [2.75, 3.05) is 53.3 Å². The first kappa shape index (κ1) is 15.8. The molecule has 0 aliphatic rings. The lowest BCUT2D eigenvalue weighted by Gasteiger charge is -2.13. The van der Waals surface area contributed by atoms with Gasteiger partial charge in [-0.3, -0.25) is 0 Å². The summed E-state index contributed by atoms with van der Waals surface area (Å²) in [4.78, 5) is 0. The maximum absolute atomic E-state index is 8.91. The Hall–Kier alpha value is -0.200. The maximum Gasteiger partial charge on any atom is 0.0701 e. The lowest BCUT2D eigenvalue weighted by Crippen LogP contribution is -2.34. The van der Waals surface area contributed by atoms with Crippen molar-refractivity contribution < 1.29 is 19.3 Å². The van der Waals surface area contributed by atoms with Crippen molar-refractivity contribution >= 4 is 0 Å². The quantitative estimate of drug-likeness (QED) is 0.467. The molecule has 0 aliphatic carbocycles. The zero-order valence-corrected chi connectivity index (χ0v) is 10.4. The number of aliphatic hydroxyl groups excluding tert-OH is 1. The molecule has 0 bridgehead atoms. The van der Waals surface area contributed by atoms with Gasteiger partial charge >= 0.3 is 0 Å². The molecular formula is C11H25NO4. The Morgan fingerprint density at radius 2 is 1.69 bits per heavy atom. The van der Waals surface area contributed by atoms with E-state index in [2.05, 4.69) is 5.32 Å². The van der Waals surface area contributed by atoms with Crippen molar-refractivity contribution in [3.05, 3.63) is 0 Å². The van der Waals surface area contributed by atoms with Crippen molar-refractivity contribution in [3.63, 3.8) is 0 Å². The lowest BCUT2D eigenvalue weighted by atomic mass is 10.2. The molecule has 0 fully saturated rings. The van der Waals surface area contributed by atoms with Crippen LogP contribution in [0.25, 0.3) is 0 Å². The van der Waals surface area contributed by atoms with E-state index in [0.29, 0.717) is 33.0 Å². The number of hydrogen-bond acceptors (Lipinski definition) is 5. The molecule has 0 amide bonds. The van der Waals surface area contributed by atoms with E-state index >= 15 is 0 Å². The van der Waals surface area contributed by atoms with Crippen molar-refractivity contribution in [2.24, 2.45) is 0 Å². The first-order chi connectivity index (χ1) is 7.85. The van der Waals surface area contributed by atoms with Gasteiger partial charge in [-0.15, -0.1) is 0 Å². The van der Waals surface area contributed by atoms with Gasteiger partial charge < -0.3 is 24.6 Å². The van der Waals surface area contributed by atoms with Crippen LogP contribution < -0.4 is 5.32 Å². The summed E-state index contributed by atoms with van der Waals surface area (Å²) in [6.45, 7) is 6.05. The first-order valence-electron chi connectivity index (χ1n) is 5.83. The number of nitrogens with one attached hydrogen (secondary N) is 1. The fourth-order valence-corrected chi connectivity index (χ4v) is 1.14. The highest BCUT2D eigenvalue weighted by Gasteiger charge is 2.01. The second-order valence-electron chi connectivity index (χ2n) is 3.46. The molecule has 0 saturated carbocycles. The van der Waals surface area contributed by atoms with E-state index in [0.717, 1.165) is 13.0 Å². The Balaban J connectivity index is 3.03. The molecule has 98 valence electrons. The van der Waals surface area contributed by atoms with Crippen LogP contribution in [-0.4, -0.2) is 64.4 Å². The van der Waals surface area contributed by atoms with Crippen molar-refractivity contribution in [1.29, 1.82) is 0 Å². The maximum atomic E-state index is 8.91. The van der Waals surface area contributed by atoms with Gasteiger partial charge in [-0.1, -0.05) is 6.92 Å². The highest BCUT2D eigenvalue weighted by atomic mass is 16.5. The van der Waals surface area contributed by atoms with Crippen LogP contribution in [-0.2, 0) is 14.2 Å². The van der Waals surface area contributed by atoms with E-state index in [1.165, 1.54) is 0 Å². The van der Waals surface area contributed by atoms with Gasteiger partial charge in [-0.05, 0) is 6.42 Å². The second kappa shape index (κ2) is 12.9. The summed E-state index contributed by atoms with van der Waals surface area (Å²) in [6.07, 6.45) is 0.927. The van der Waals surface area contributed by atoms with Gasteiger partial charge in [0, 0.05) is 19.7 Å². The van der Waals surface area contributed by atoms with Crippen molar-refractivity contribution in [2.45, 2.75) is 19.4 Å². The number of methoxy groups -OCH3 is 1. The van der Waals surface area contributed by atoms with Crippen LogP contribution in [0.2, 0.25) is 0 Å². The molecule has 0 spiro atoms. The normalized spacial score (nSPS) is 12.9. The smallest absolute Gasteiger partial charge is 0.0701 e. The van der Waals surface area contributed by atoms with Crippen LogP contribution in [0, 0.1) is 0 Å². The Kier molecular flexibility index (Phi) is 12.7. The van der Waals surface area contributed by atoms with Gasteiger partial charge in [0.25, 0.3) is 0 Å². The molecule has 0 saturated heterocycles. The van der Waals surface area contributed by atoms with E-state index < -0.39 is 0 Å².